The molecule has 0 radical (unpaired) electrons. The monoisotopic (exact) mass is 276 g/mol. The minimum Gasteiger partial charge on any atom is -0.318 e. The fourth-order valence-corrected chi connectivity index (χ4v) is 3.02. The molecule has 0 spiro atoms. The van der Waals surface area contributed by atoms with Gasteiger partial charge in [0.2, 0.25) is 0 Å². The van der Waals surface area contributed by atoms with Gasteiger partial charge in [-0.15, -0.1) is 22.7 Å². The SMILES string of the molecule is O=C(Nc1cn[nH]c1)c1csc(-c2cccs2)n1. The summed E-state index contributed by atoms with van der Waals surface area (Å²) < 4.78 is 0. The first-order valence-electron chi connectivity index (χ1n) is 5.12. The van der Waals surface area contributed by atoms with Crippen molar-refractivity contribution in [3.05, 3.63) is 41.0 Å². The fraction of sp³-hybridized carbons (Fsp3) is 0. The zero-order valence-corrected chi connectivity index (χ0v) is 10.7. The van der Waals surface area contributed by atoms with Crippen LogP contribution in [0, 0.1) is 0 Å². The van der Waals surface area contributed by atoms with E-state index in [0.717, 1.165) is 9.88 Å². The Balaban J connectivity index is 1.79. The Morgan fingerprint density at radius 3 is 3.06 bits per heavy atom. The van der Waals surface area contributed by atoms with Crippen LogP contribution in [0.15, 0.2) is 35.3 Å². The summed E-state index contributed by atoms with van der Waals surface area (Å²) in [5.74, 6) is -0.226. The second-order valence-corrected chi connectivity index (χ2v) is 5.26. The number of H-pyrrole nitrogens is 1. The molecule has 0 bridgehead atoms. The van der Waals surface area contributed by atoms with E-state index in [2.05, 4.69) is 20.5 Å². The highest BCUT2D eigenvalue weighted by atomic mass is 32.1. The third-order valence-corrected chi connectivity index (χ3v) is 4.11. The highest BCUT2D eigenvalue weighted by Crippen LogP contribution is 2.27. The van der Waals surface area contributed by atoms with Gasteiger partial charge >= 0.3 is 0 Å². The van der Waals surface area contributed by atoms with Gasteiger partial charge in [0, 0.05) is 11.6 Å². The number of carbonyl (C=O) groups is 1. The smallest absolute Gasteiger partial charge is 0.275 e. The van der Waals surface area contributed by atoms with Gasteiger partial charge in [-0.25, -0.2) is 4.98 Å². The van der Waals surface area contributed by atoms with E-state index in [0.29, 0.717) is 11.4 Å². The van der Waals surface area contributed by atoms with Crippen molar-refractivity contribution in [2.75, 3.05) is 5.32 Å². The predicted molar refractivity (Wildman–Crippen MR) is 72.0 cm³/mol. The van der Waals surface area contributed by atoms with Crippen LogP contribution < -0.4 is 5.32 Å². The molecule has 0 saturated carbocycles. The maximum atomic E-state index is 11.9. The summed E-state index contributed by atoms with van der Waals surface area (Å²) in [5, 5.41) is 13.7. The molecule has 5 nitrogen and oxygen atoms in total. The summed E-state index contributed by atoms with van der Waals surface area (Å²) in [6.45, 7) is 0. The minimum absolute atomic E-state index is 0.226. The molecule has 0 aliphatic rings. The summed E-state index contributed by atoms with van der Waals surface area (Å²) >= 11 is 3.07. The first-order chi connectivity index (χ1) is 8.83. The predicted octanol–water partition coefficient (Wildman–Crippen LogP) is 2.85. The standard InChI is InChI=1S/C11H8N4OS2/c16-10(14-7-4-12-13-5-7)8-6-18-11(15-8)9-2-1-3-17-9/h1-6H,(H,12,13)(H,14,16). The van der Waals surface area contributed by atoms with Gasteiger partial charge in [0.15, 0.2) is 0 Å². The largest absolute Gasteiger partial charge is 0.318 e. The molecule has 2 N–H and O–H groups in total. The molecular formula is C11H8N4OS2. The van der Waals surface area contributed by atoms with Gasteiger partial charge in [-0.1, -0.05) is 6.07 Å². The quantitative estimate of drug-likeness (QED) is 0.772. The number of carbonyl (C=O) groups excluding carboxylic acids is 1. The molecule has 1 amide bonds. The van der Waals surface area contributed by atoms with E-state index >= 15 is 0 Å². The van der Waals surface area contributed by atoms with Crippen molar-refractivity contribution in [1.29, 1.82) is 0 Å². The van der Waals surface area contributed by atoms with E-state index in [4.69, 9.17) is 0 Å². The van der Waals surface area contributed by atoms with E-state index < -0.39 is 0 Å². The van der Waals surface area contributed by atoms with Crippen LogP contribution in [0.2, 0.25) is 0 Å². The lowest BCUT2D eigenvalue weighted by Crippen LogP contribution is -2.11. The van der Waals surface area contributed by atoms with E-state index in [1.54, 1.807) is 29.1 Å². The average molecular weight is 276 g/mol. The highest BCUT2D eigenvalue weighted by molar-refractivity contribution is 7.20. The molecule has 3 aromatic rings. The average Bonchev–Trinajstić information content (AvgIpc) is 3.11. The Bertz CT molecular complexity index is 642. The number of aromatic amines is 1. The van der Waals surface area contributed by atoms with Crippen molar-refractivity contribution in [3.8, 4) is 9.88 Å². The maximum Gasteiger partial charge on any atom is 0.275 e. The van der Waals surface area contributed by atoms with Crippen molar-refractivity contribution >= 4 is 34.3 Å². The summed E-state index contributed by atoms with van der Waals surface area (Å²) in [7, 11) is 0. The van der Waals surface area contributed by atoms with Crippen LogP contribution in [0.1, 0.15) is 10.5 Å². The van der Waals surface area contributed by atoms with E-state index in [9.17, 15) is 4.79 Å². The number of hydrogen-bond acceptors (Lipinski definition) is 5. The van der Waals surface area contributed by atoms with E-state index in [1.165, 1.54) is 11.3 Å². The van der Waals surface area contributed by atoms with Crippen molar-refractivity contribution < 1.29 is 4.79 Å². The van der Waals surface area contributed by atoms with Crippen LogP contribution in [-0.2, 0) is 0 Å². The van der Waals surface area contributed by atoms with Gasteiger partial charge in [0.25, 0.3) is 5.91 Å². The number of aromatic nitrogens is 3. The molecule has 3 rings (SSSR count). The Kier molecular flexibility index (Phi) is 2.91. The molecule has 3 aromatic heterocycles. The van der Waals surface area contributed by atoms with Gasteiger partial charge in [0.1, 0.15) is 10.7 Å². The number of anilines is 1. The van der Waals surface area contributed by atoms with Gasteiger partial charge in [-0.05, 0) is 11.4 Å². The number of rotatable bonds is 3. The first-order valence-corrected chi connectivity index (χ1v) is 6.88. The number of thiazole rings is 1. The molecule has 0 unspecified atom stereocenters. The van der Waals surface area contributed by atoms with Gasteiger partial charge in [-0.2, -0.15) is 5.10 Å². The molecule has 0 atom stereocenters. The molecule has 7 heteroatoms. The number of amides is 1. The van der Waals surface area contributed by atoms with Crippen molar-refractivity contribution in [3.63, 3.8) is 0 Å². The van der Waals surface area contributed by atoms with Crippen LogP contribution in [0.4, 0.5) is 5.69 Å². The molecule has 0 aliphatic heterocycles. The van der Waals surface area contributed by atoms with Gasteiger partial charge in [0.05, 0.1) is 16.8 Å². The van der Waals surface area contributed by atoms with Crippen molar-refractivity contribution in [1.82, 2.24) is 15.2 Å². The van der Waals surface area contributed by atoms with E-state index in [1.807, 2.05) is 17.5 Å². The molecule has 0 saturated heterocycles. The van der Waals surface area contributed by atoms with Crippen LogP contribution in [0.5, 0.6) is 0 Å². The second-order valence-electron chi connectivity index (χ2n) is 3.46. The van der Waals surface area contributed by atoms with Crippen molar-refractivity contribution in [2.45, 2.75) is 0 Å². The topological polar surface area (TPSA) is 70.7 Å². The van der Waals surface area contributed by atoms with E-state index in [-0.39, 0.29) is 5.91 Å². The normalized spacial score (nSPS) is 10.4. The van der Waals surface area contributed by atoms with Gasteiger partial charge < -0.3 is 5.32 Å². The molecule has 18 heavy (non-hydrogen) atoms. The summed E-state index contributed by atoms with van der Waals surface area (Å²) in [4.78, 5) is 17.3. The Labute approximate surface area is 111 Å². The Hall–Kier alpha value is -1.99. The Morgan fingerprint density at radius 2 is 2.33 bits per heavy atom. The maximum absolute atomic E-state index is 11.9. The molecule has 0 aromatic carbocycles. The molecule has 0 fully saturated rings. The van der Waals surface area contributed by atoms with Crippen LogP contribution in [0.25, 0.3) is 9.88 Å². The molecule has 90 valence electrons. The fourth-order valence-electron chi connectivity index (χ4n) is 1.41. The summed E-state index contributed by atoms with van der Waals surface area (Å²) in [5.41, 5.74) is 1.05. The van der Waals surface area contributed by atoms with Crippen molar-refractivity contribution in [2.24, 2.45) is 0 Å². The zero-order chi connectivity index (χ0) is 12.4. The molecule has 3 heterocycles. The minimum atomic E-state index is -0.226. The van der Waals surface area contributed by atoms with Crippen LogP contribution in [0.3, 0.4) is 0 Å². The lowest BCUT2D eigenvalue weighted by molar-refractivity contribution is 0.102. The first kappa shape index (κ1) is 11.1. The number of nitrogens with one attached hydrogen (secondary N) is 2. The molecular weight excluding hydrogens is 268 g/mol. The third-order valence-electron chi connectivity index (χ3n) is 2.22. The molecule has 0 aliphatic carbocycles. The number of nitrogens with zero attached hydrogens (tertiary/aromatic N) is 2. The highest BCUT2D eigenvalue weighted by Gasteiger charge is 2.12. The number of thiophene rings is 1. The van der Waals surface area contributed by atoms with Gasteiger partial charge in [-0.3, -0.25) is 9.89 Å². The summed E-state index contributed by atoms with van der Waals surface area (Å²) in [6.07, 6.45) is 3.16. The van der Waals surface area contributed by atoms with Crippen LogP contribution in [-0.4, -0.2) is 21.1 Å². The third kappa shape index (κ3) is 2.18. The lowest BCUT2D eigenvalue weighted by atomic mass is 10.4. The Morgan fingerprint density at radius 1 is 1.39 bits per heavy atom. The summed E-state index contributed by atoms with van der Waals surface area (Å²) in [6, 6.07) is 3.95. The zero-order valence-electron chi connectivity index (χ0n) is 9.08. The lowest BCUT2D eigenvalue weighted by Gasteiger charge is -1.97. The second kappa shape index (κ2) is 4.71. The number of hydrogen-bond donors (Lipinski definition) is 2. The van der Waals surface area contributed by atoms with Crippen LogP contribution >= 0.6 is 22.7 Å².